The van der Waals surface area contributed by atoms with Crippen LogP contribution in [-0.4, -0.2) is 80.6 Å². The van der Waals surface area contributed by atoms with Gasteiger partial charge in [0.15, 0.2) is 5.69 Å². The topological polar surface area (TPSA) is 130 Å². The van der Waals surface area contributed by atoms with Crippen molar-refractivity contribution in [1.29, 1.82) is 0 Å². The third kappa shape index (κ3) is 3.44. The van der Waals surface area contributed by atoms with Gasteiger partial charge in [-0.3, -0.25) is 24.5 Å². The molecule has 3 fully saturated rings. The summed E-state index contributed by atoms with van der Waals surface area (Å²) in [4.78, 5) is 53.6. The lowest BCUT2D eigenvalue weighted by atomic mass is 9.49. The minimum Gasteiger partial charge on any atom is -0.347 e. The Morgan fingerprint density at radius 1 is 1.22 bits per heavy atom. The van der Waals surface area contributed by atoms with Crippen molar-refractivity contribution in [2.75, 3.05) is 14.1 Å². The molecule has 3 atom stereocenters. The van der Waals surface area contributed by atoms with E-state index in [0.717, 1.165) is 24.8 Å². The van der Waals surface area contributed by atoms with Gasteiger partial charge in [0.1, 0.15) is 6.04 Å². The van der Waals surface area contributed by atoms with Crippen molar-refractivity contribution in [3.8, 4) is 5.69 Å². The second-order valence-corrected chi connectivity index (χ2v) is 10.6. The lowest BCUT2D eigenvalue weighted by Gasteiger charge is -2.63. The van der Waals surface area contributed by atoms with E-state index in [1.165, 1.54) is 16.0 Å². The molecule has 1 aromatic heterocycles. The van der Waals surface area contributed by atoms with Gasteiger partial charge >= 0.3 is 0 Å². The Balaban J connectivity index is 1.15. The molecule has 2 aromatic rings. The van der Waals surface area contributed by atoms with Crippen LogP contribution in [0.3, 0.4) is 0 Å². The highest BCUT2D eigenvalue weighted by Gasteiger charge is 2.59. The number of carbonyl (C=O) groups excluding carboxylic acids is 4. The molecular formula is C25H29N7O4. The second kappa shape index (κ2) is 8.22. The molecule has 1 aromatic carbocycles. The van der Waals surface area contributed by atoms with Crippen LogP contribution in [-0.2, 0) is 16.1 Å². The van der Waals surface area contributed by atoms with Crippen LogP contribution in [0.2, 0.25) is 0 Å². The van der Waals surface area contributed by atoms with Gasteiger partial charge in [0.25, 0.3) is 11.8 Å². The third-order valence-electron chi connectivity index (χ3n) is 8.53. The molecule has 36 heavy (non-hydrogen) atoms. The molecule has 6 rings (SSSR count). The molecule has 1 spiro atoms. The van der Waals surface area contributed by atoms with Gasteiger partial charge in [-0.05, 0) is 57.5 Å². The standard InChI is InChI=1S/C25H29N7O4/c1-30(2)20-11-19(25(20)8-3-9-25)26-22(34)17-13-32(29-28-17)15-5-4-14-12-31(24(36)16(14)10-15)18-6-7-21(33)27-23(18)35/h4-5,10,13,18-20H,3,6-9,11-12H2,1-2H3,(H,26,34)(H,27,33,35). The van der Waals surface area contributed by atoms with Gasteiger partial charge in [-0.2, -0.15) is 0 Å². The number of nitrogens with zero attached hydrogens (tertiary/aromatic N) is 5. The number of hydrogen-bond donors (Lipinski definition) is 2. The molecule has 2 aliphatic carbocycles. The van der Waals surface area contributed by atoms with E-state index in [9.17, 15) is 19.2 Å². The first-order valence-electron chi connectivity index (χ1n) is 12.4. The number of rotatable bonds is 5. The predicted molar refractivity (Wildman–Crippen MR) is 127 cm³/mol. The maximum absolute atomic E-state index is 13.1. The minimum absolute atomic E-state index is 0.146. The molecule has 4 aliphatic rings. The van der Waals surface area contributed by atoms with Crippen molar-refractivity contribution >= 4 is 23.6 Å². The van der Waals surface area contributed by atoms with Gasteiger partial charge in [-0.25, -0.2) is 4.68 Å². The van der Waals surface area contributed by atoms with Crippen LogP contribution < -0.4 is 10.6 Å². The summed E-state index contributed by atoms with van der Waals surface area (Å²) in [5, 5.41) is 13.7. The summed E-state index contributed by atoms with van der Waals surface area (Å²) in [7, 11) is 4.19. The average Bonchev–Trinajstić information content (AvgIpc) is 3.40. The molecule has 2 saturated carbocycles. The zero-order valence-corrected chi connectivity index (χ0v) is 20.4. The Kier molecular flexibility index (Phi) is 5.22. The van der Waals surface area contributed by atoms with E-state index < -0.39 is 11.9 Å². The molecule has 3 heterocycles. The normalized spacial score (nSPS) is 26.5. The lowest BCUT2D eigenvalue weighted by Crippen LogP contribution is -2.70. The maximum Gasteiger partial charge on any atom is 0.273 e. The quantitative estimate of drug-likeness (QED) is 0.587. The summed E-state index contributed by atoms with van der Waals surface area (Å²) in [6, 6.07) is 5.32. The Bertz CT molecular complexity index is 1280. The Hall–Kier alpha value is -3.60. The first-order valence-corrected chi connectivity index (χ1v) is 12.4. The van der Waals surface area contributed by atoms with Crippen molar-refractivity contribution in [3.63, 3.8) is 0 Å². The van der Waals surface area contributed by atoms with E-state index in [1.54, 1.807) is 12.3 Å². The summed E-state index contributed by atoms with van der Waals surface area (Å²) in [6.45, 7) is 0.308. The number of piperidine rings is 1. The van der Waals surface area contributed by atoms with Crippen molar-refractivity contribution in [3.05, 3.63) is 41.2 Å². The van der Waals surface area contributed by atoms with Gasteiger partial charge in [0.05, 0.1) is 11.9 Å². The molecule has 11 nitrogen and oxygen atoms in total. The first-order chi connectivity index (χ1) is 17.3. The van der Waals surface area contributed by atoms with Crippen LogP contribution in [0, 0.1) is 5.41 Å². The number of nitrogens with one attached hydrogen (secondary N) is 2. The van der Waals surface area contributed by atoms with Crippen LogP contribution in [0.5, 0.6) is 0 Å². The lowest BCUT2D eigenvalue weighted by molar-refractivity contribution is -0.136. The zero-order chi connectivity index (χ0) is 25.2. The number of hydrogen-bond acceptors (Lipinski definition) is 7. The number of aromatic nitrogens is 3. The van der Waals surface area contributed by atoms with E-state index in [1.807, 2.05) is 12.1 Å². The van der Waals surface area contributed by atoms with Crippen molar-refractivity contribution in [2.45, 2.75) is 63.2 Å². The van der Waals surface area contributed by atoms with Crippen LogP contribution in [0.4, 0.5) is 0 Å². The molecule has 4 amide bonds. The van der Waals surface area contributed by atoms with E-state index in [0.29, 0.717) is 30.3 Å². The predicted octanol–water partition coefficient (Wildman–Crippen LogP) is 0.631. The SMILES string of the molecule is CN(C)C1CC(NC(=O)c2cn(-c3ccc4c(c3)C(=O)N(C3CCC(=O)NC3=O)C4)nn2)C12CCC2. The monoisotopic (exact) mass is 491 g/mol. The van der Waals surface area contributed by atoms with Gasteiger partial charge in [0, 0.05) is 36.0 Å². The smallest absolute Gasteiger partial charge is 0.273 e. The minimum atomic E-state index is -0.662. The summed E-state index contributed by atoms with van der Waals surface area (Å²) >= 11 is 0. The average molecular weight is 492 g/mol. The van der Waals surface area contributed by atoms with Crippen molar-refractivity contribution in [1.82, 2.24) is 35.4 Å². The van der Waals surface area contributed by atoms with Crippen LogP contribution >= 0.6 is 0 Å². The number of amides is 4. The third-order valence-corrected chi connectivity index (χ3v) is 8.53. The van der Waals surface area contributed by atoms with Crippen molar-refractivity contribution in [2.24, 2.45) is 5.41 Å². The molecule has 0 bridgehead atoms. The fraction of sp³-hybridized carbons (Fsp3) is 0.520. The largest absolute Gasteiger partial charge is 0.347 e. The molecule has 0 radical (unpaired) electrons. The van der Waals surface area contributed by atoms with Crippen LogP contribution in [0.15, 0.2) is 24.4 Å². The molecule has 2 N–H and O–H groups in total. The maximum atomic E-state index is 13.1. The number of benzene rings is 1. The summed E-state index contributed by atoms with van der Waals surface area (Å²) in [5.74, 6) is -1.25. The van der Waals surface area contributed by atoms with Crippen LogP contribution in [0.25, 0.3) is 5.69 Å². The van der Waals surface area contributed by atoms with Gasteiger partial charge in [-0.15, -0.1) is 5.10 Å². The Morgan fingerprint density at radius 3 is 2.72 bits per heavy atom. The van der Waals surface area contributed by atoms with E-state index in [4.69, 9.17) is 0 Å². The fourth-order valence-corrected chi connectivity index (χ4v) is 6.37. The highest BCUT2D eigenvalue weighted by atomic mass is 16.2. The van der Waals surface area contributed by atoms with Crippen molar-refractivity contribution < 1.29 is 19.2 Å². The van der Waals surface area contributed by atoms with E-state index in [2.05, 4.69) is 39.9 Å². The highest BCUT2D eigenvalue weighted by Crippen LogP contribution is 2.57. The Morgan fingerprint density at radius 2 is 2.03 bits per heavy atom. The molecule has 1 saturated heterocycles. The Labute approximate surface area is 208 Å². The van der Waals surface area contributed by atoms with Crippen LogP contribution in [0.1, 0.15) is 64.9 Å². The molecular weight excluding hydrogens is 462 g/mol. The molecule has 188 valence electrons. The molecule has 3 unspecified atom stereocenters. The molecule has 2 aliphatic heterocycles. The zero-order valence-electron chi connectivity index (χ0n) is 20.4. The molecule has 11 heteroatoms. The summed E-state index contributed by atoms with van der Waals surface area (Å²) in [5.41, 5.74) is 2.29. The highest BCUT2D eigenvalue weighted by molar-refractivity contribution is 6.05. The van der Waals surface area contributed by atoms with E-state index >= 15 is 0 Å². The van der Waals surface area contributed by atoms with Gasteiger partial charge in [-0.1, -0.05) is 17.7 Å². The number of fused-ring (bicyclic) bond motifs is 1. The number of imide groups is 1. The van der Waals surface area contributed by atoms with Gasteiger partial charge < -0.3 is 15.1 Å². The first kappa shape index (κ1) is 22.8. The summed E-state index contributed by atoms with van der Waals surface area (Å²) < 4.78 is 1.49. The van der Waals surface area contributed by atoms with Gasteiger partial charge in [0.2, 0.25) is 11.8 Å². The number of carbonyl (C=O) groups is 4. The fourth-order valence-electron chi connectivity index (χ4n) is 6.37. The summed E-state index contributed by atoms with van der Waals surface area (Å²) in [6.07, 6.45) is 6.50. The second-order valence-electron chi connectivity index (χ2n) is 10.6. The van der Waals surface area contributed by atoms with E-state index in [-0.39, 0.29) is 41.3 Å².